The number of likely N-dealkylation sites (N-methyl/N-ethyl adjacent to an activating group) is 1. The van der Waals surface area contributed by atoms with Crippen molar-refractivity contribution in [2.75, 3.05) is 45.2 Å². The average molecular weight is 421 g/mol. The second-order valence-electron chi connectivity index (χ2n) is 7.39. The molecular formula is C23H23ClN5O+. The molecule has 30 heavy (non-hydrogen) atoms. The number of benzene rings is 2. The van der Waals surface area contributed by atoms with Gasteiger partial charge in [0.05, 0.1) is 46.0 Å². The molecule has 1 aromatic heterocycles. The number of halogens is 1. The first kappa shape index (κ1) is 20.1. The fourth-order valence-corrected chi connectivity index (χ4v) is 3.69. The lowest BCUT2D eigenvalue weighted by atomic mass is 10.1. The van der Waals surface area contributed by atoms with Crippen LogP contribution in [0.15, 0.2) is 48.5 Å². The predicted molar refractivity (Wildman–Crippen MR) is 118 cm³/mol. The summed E-state index contributed by atoms with van der Waals surface area (Å²) in [6, 6.07) is 17.4. The topological polar surface area (TPSA) is 66.5 Å². The Balaban J connectivity index is 1.88. The van der Waals surface area contributed by atoms with Crippen LogP contribution in [0.5, 0.6) is 5.75 Å². The van der Waals surface area contributed by atoms with E-state index in [1.165, 1.54) is 4.90 Å². The monoisotopic (exact) mass is 420 g/mol. The Bertz CT molecular complexity index is 1070. The van der Waals surface area contributed by atoms with Crippen molar-refractivity contribution in [1.29, 1.82) is 5.26 Å². The van der Waals surface area contributed by atoms with Gasteiger partial charge in [0.2, 0.25) is 0 Å². The Morgan fingerprint density at radius 1 is 1.00 bits per heavy atom. The summed E-state index contributed by atoms with van der Waals surface area (Å²) in [7, 11) is 3.82. The molecule has 1 N–H and O–H groups in total. The van der Waals surface area contributed by atoms with Gasteiger partial charge in [-0.25, -0.2) is 9.97 Å². The van der Waals surface area contributed by atoms with Crippen LogP contribution in [0.3, 0.4) is 0 Å². The number of ether oxygens (including phenoxy) is 1. The third-order valence-electron chi connectivity index (χ3n) is 5.38. The van der Waals surface area contributed by atoms with E-state index < -0.39 is 0 Å². The molecule has 2 aromatic carbocycles. The second kappa shape index (κ2) is 8.70. The van der Waals surface area contributed by atoms with Crippen LogP contribution in [0.1, 0.15) is 5.56 Å². The molecule has 0 bridgehead atoms. The first-order valence-corrected chi connectivity index (χ1v) is 10.3. The highest BCUT2D eigenvalue weighted by molar-refractivity contribution is 6.30. The zero-order chi connectivity index (χ0) is 21.1. The minimum absolute atomic E-state index is 0.498. The molecule has 152 valence electrons. The van der Waals surface area contributed by atoms with Gasteiger partial charge in [-0.2, -0.15) is 5.26 Å². The highest BCUT2D eigenvalue weighted by Gasteiger charge is 2.25. The Labute approximate surface area is 181 Å². The Hall–Kier alpha value is -3.14. The molecule has 6 nitrogen and oxygen atoms in total. The van der Waals surface area contributed by atoms with Gasteiger partial charge in [-0.05, 0) is 48.5 Å². The summed E-state index contributed by atoms with van der Waals surface area (Å²) in [6.07, 6.45) is 0. The number of anilines is 1. The zero-order valence-corrected chi connectivity index (χ0v) is 17.8. The number of quaternary nitrogens is 1. The molecule has 0 radical (unpaired) electrons. The van der Waals surface area contributed by atoms with E-state index in [4.69, 9.17) is 26.3 Å². The standard InChI is InChI=1S/C23H22ClN5O/c1-28-11-13-29(14-12-28)23-20(15-25)21(16-5-9-19(30-2)10-6-16)26-22(27-23)17-3-7-18(24)8-4-17/h3-10H,11-14H2,1-2H3/p+1. The minimum atomic E-state index is 0.498. The smallest absolute Gasteiger partial charge is 0.162 e. The number of hydrogen-bond donors (Lipinski definition) is 1. The van der Waals surface area contributed by atoms with Gasteiger partial charge in [0.1, 0.15) is 17.4 Å². The predicted octanol–water partition coefficient (Wildman–Crippen LogP) is 2.68. The van der Waals surface area contributed by atoms with Crippen LogP contribution >= 0.6 is 11.6 Å². The maximum atomic E-state index is 10.0. The number of piperazine rings is 1. The molecule has 3 aromatic rings. The van der Waals surface area contributed by atoms with Gasteiger partial charge in [-0.1, -0.05) is 11.6 Å². The van der Waals surface area contributed by atoms with E-state index in [-0.39, 0.29) is 0 Å². The maximum Gasteiger partial charge on any atom is 0.162 e. The number of rotatable bonds is 4. The molecule has 7 heteroatoms. The normalized spacial score (nSPS) is 14.4. The minimum Gasteiger partial charge on any atom is -0.497 e. The van der Waals surface area contributed by atoms with Crippen molar-refractivity contribution in [3.05, 3.63) is 59.1 Å². The van der Waals surface area contributed by atoms with Crippen LogP contribution < -0.4 is 14.5 Å². The maximum absolute atomic E-state index is 10.0. The lowest BCUT2D eigenvalue weighted by Crippen LogP contribution is -3.12. The molecule has 1 aliphatic heterocycles. The summed E-state index contributed by atoms with van der Waals surface area (Å²) in [5, 5.41) is 10.7. The highest BCUT2D eigenvalue weighted by Crippen LogP contribution is 2.32. The summed E-state index contributed by atoms with van der Waals surface area (Å²) in [4.78, 5) is 13.3. The van der Waals surface area contributed by atoms with Crippen LogP contribution in [-0.2, 0) is 0 Å². The number of nitriles is 1. The summed E-state index contributed by atoms with van der Waals surface area (Å²) in [5.74, 6) is 2.03. The molecular weight excluding hydrogens is 398 g/mol. The molecule has 0 unspecified atom stereocenters. The molecule has 1 saturated heterocycles. The lowest BCUT2D eigenvalue weighted by molar-refractivity contribution is -0.880. The number of hydrogen-bond acceptors (Lipinski definition) is 5. The highest BCUT2D eigenvalue weighted by atomic mass is 35.5. The van der Waals surface area contributed by atoms with Crippen LogP contribution in [0.2, 0.25) is 5.02 Å². The number of methoxy groups -OCH3 is 1. The summed E-state index contributed by atoms with van der Waals surface area (Å²) in [6.45, 7) is 3.70. The van der Waals surface area contributed by atoms with Crippen molar-refractivity contribution in [2.45, 2.75) is 0 Å². The number of nitrogens with zero attached hydrogens (tertiary/aromatic N) is 4. The van der Waals surface area contributed by atoms with Gasteiger partial charge in [0, 0.05) is 16.1 Å². The summed E-state index contributed by atoms with van der Waals surface area (Å²) in [5.41, 5.74) is 2.84. The van der Waals surface area contributed by atoms with Gasteiger partial charge in [0.15, 0.2) is 11.6 Å². The van der Waals surface area contributed by atoms with Crippen LogP contribution in [0, 0.1) is 11.3 Å². The van der Waals surface area contributed by atoms with E-state index in [1.54, 1.807) is 7.11 Å². The van der Waals surface area contributed by atoms with Crippen molar-refractivity contribution >= 4 is 17.4 Å². The van der Waals surface area contributed by atoms with E-state index in [0.717, 1.165) is 43.1 Å². The number of aromatic nitrogens is 2. The van der Waals surface area contributed by atoms with E-state index in [1.807, 2.05) is 48.5 Å². The first-order valence-electron chi connectivity index (χ1n) is 9.88. The molecule has 2 heterocycles. The van der Waals surface area contributed by atoms with Gasteiger partial charge in [-0.15, -0.1) is 0 Å². The largest absolute Gasteiger partial charge is 0.497 e. The molecule has 0 aliphatic carbocycles. The van der Waals surface area contributed by atoms with E-state index in [9.17, 15) is 5.26 Å². The first-order chi connectivity index (χ1) is 14.6. The van der Waals surface area contributed by atoms with E-state index in [2.05, 4.69) is 18.0 Å². The van der Waals surface area contributed by atoms with Gasteiger partial charge in [0.25, 0.3) is 0 Å². The quantitative estimate of drug-likeness (QED) is 0.703. The van der Waals surface area contributed by atoms with Crippen LogP contribution in [-0.4, -0.2) is 50.3 Å². The lowest BCUT2D eigenvalue weighted by Gasteiger charge is -2.31. The molecule has 1 aliphatic rings. The molecule has 1 fully saturated rings. The molecule has 0 saturated carbocycles. The zero-order valence-electron chi connectivity index (χ0n) is 17.0. The van der Waals surface area contributed by atoms with Crippen LogP contribution in [0.25, 0.3) is 22.6 Å². The third kappa shape index (κ3) is 4.09. The third-order valence-corrected chi connectivity index (χ3v) is 5.64. The van der Waals surface area contributed by atoms with Gasteiger partial charge >= 0.3 is 0 Å². The van der Waals surface area contributed by atoms with Crippen molar-refractivity contribution in [3.63, 3.8) is 0 Å². The van der Waals surface area contributed by atoms with Crippen molar-refractivity contribution in [3.8, 4) is 34.5 Å². The molecule has 0 atom stereocenters. The average Bonchev–Trinajstić information content (AvgIpc) is 2.79. The van der Waals surface area contributed by atoms with Crippen molar-refractivity contribution < 1.29 is 9.64 Å². The van der Waals surface area contributed by atoms with Crippen molar-refractivity contribution in [2.24, 2.45) is 0 Å². The second-order valence-corrected chi connectivity index (χ2v) is 7.82. The Morgan fingerprint density at radius 3 is 2.23 bits per heavy atom. The number of nitrogens with one attached hydrogen (secondary N) is 1. The van der Waals surface area contributed by atoms with Gasteiger partial charge < -0.3 is 14.5 Å². The molecule has 4 rings (SSSR count). The van der Waals surface area contributed by atoms with E-state index in [0.29, 0.717) is 27.9 Å². The van der Waals surface area contributed by atoms with Gasteiger partial charge in [-0.3, -0.25) is 0 Å². The van der Waals surface area contributed by atoms with E-state index >= 15 is 0 Å². The SMILES string of the molecule is COc1ccc(-c2nc(-c3ccc(Cl)cc3)nc(N3CC[NH+](C)CC3)c2C#N)cc1. The van der Waals surface area contributed by atoms with Crippen molar-refractivity contribution in [1.82, 2.24) is 9.97 Å². The summed E-state index contributed by atoms with van der Waals surface area (Å²) >= 11 is 6.06. The molecule has 0 spiro atoms. The van der Waals surface area contributed by atoms with Crippen LogP contribution in [0.4, 0.5) is 5.82 Å². The molecule has 0 amide bonds. The fourth-order valence-electron chi connectivity index (χ4n) is 3.57. The Morgan fingerprint density at radius 2 is 1.63 bits per heavy atom. The summed E-state index contributed by atoms with van der Waals surface area (Å²) < 4.78 is 5.27. The Kier molecular flexibility index (Phi) is 5.84. The fraction of sp³-hybridized carbons (Fsp3) is 0.261.